The van der Waals surface area contributed by atoms with E-state index in [0.29, 0.717) is 11.5 Å². The minimum atomic E-state index is -0.761. The van der Waals surface area contributed by atoms with Gasteiger partial charge in [-0.25, -0.2) is 4.79 Å². The van der Waals surface area contributed by atoms with Crippen LogP contribution in [0.5, 0.6) is 0 Å². The summed E-state index contributed by atoms with van der Waals surface area (Å²) < 4.78 is 0. The summed E-state index contributed by atoms with van der Waals surface area (Å²) in [5, 5.41) is 9.18. The van der Waals surface area contributed by atoms with Crippen LogP contribution in [0.25, 0.3) is 0 Å². The fourth-order valence-electron chi connectivity index (χ4n) is 5.01. The average Bonchev–Trinajstić information content (AvgIpc) is 2.83. The van der Waals surface area contributed by atoms with Crippen LogP contribution >= 0.6 is 0 Å². The lowest BCUT2D eigenvalue weighted by atomic mass is 9.90. The molecule has 0 radical (unpaired) electrons. The molecule has 1 unspecified atom stereocenters. The smallest absolute Gasteiger partial charge is 0.330 e. The van der Waals surface area contributed by atoms with E-state index >= 15 is 0 Å². The Balaban J connectivity index is 3.87. The van der Waals surface area contributed by atoms with E-state index in [9.17, 15) is 9.90 Å². The summed E-state index contributed by atoms with van der Waals surface area (Å²) in [4.78, 5) is 11.2. The van der Waals surface area contributed by atoms with Gasteiger partial charge in [-0.15, -0.1) is 0 Å². The van der Waals surface area contributed by atoms with Crippen molar-refractivity contribution in [2.24, 2.45) is 5.92 Å². The molecule has 202 valence electrons. The molecule has 0 bridgehead atoms. The van der Waals surface area contributed by atoms with Gasteiger partial charge in [-0.3, -0.25) is 0 Å². The van der Waals surface area contributed by atoms with Gasteiger partial charge in [0.15, 0.2) is 0 Å². The Morgan fingerprint density at radius 3 is 1.15 bits per heavy atom. The summed E-state index contributed by atoms with van der Waals surface area (Å²) >= 11 is 0. The van der Waals surface area contributed by atoms with Gasteiger partial charge in [-0.05, 0) is 19.3 Å². The maximum atomic E-state index is 11.2. The fraction of sp³-hybridized carbons (Fsp3) is 0.906. The van der Waals surface area contributed by atoms with Gasteiger partial charge < -0.3 is 5.11 Å². The van der Waals surface area contributed by atoms with Gasteiger partial charge in [0.2, 0.25) is 0 Å². The number of aliphatic carboxylic acids is 1. The summed E-state index contributed by atoms with van der Waals surface area (Å²) in [6.45, 7) is 6.31. The lowest BCUT2D eigenvalue weighted by molar-refractivity contribution is -0.132. The van der Waals surface area contributed by atoms with Gasteiger partial charge in [-0.1, -0.05) is 174 Å². The molecule has 0 aromatic carbocycles. The molecule has 0 amide bonds. The number of hydrogen-bond acceptors (Lipinski definition) is 1. The fourth-order valence-corrected chi connectivity index (χ4v) is 5.01. The third kappa shape index (κ3) is 24.3. The maximum absolute atomic E-state index is 11.2. The molecule has 1 atom stereocenters. The number of carboxylic acids is 1. The van der Waals surface area contributed by atoms with Crippen LogP contribution in [0.15, 0.2) is 11.6 Å². The van der Waals surface area contributed by atoms with E-state index in [4.69, 9.17) is 0 Å². The van der Waals surface area contributed by atoms with Crippen molar-refractivity contribution in [3.05, 3.63) is 11.6 Å². The Morgan fingerprint density at radius 2 is 0.853 bits per heavy atom. The van der Waals surface area contributed by atoms with Crippen molar-refractivity contribution >= 4 is 5.97 Å². The standard InChI is InChI=1S/C32H62O2/c1-4-6-8-10-12-14-16-17-19-21-23-25-27-31(29-28-30(3)32(33)34)26-24-22-20-18-15-13-11-9-7-5-2/h28,31H,4-27,29H2,1-3H3,(H,33,34). The molecule has 0 rings (SSSR count). The Hall–Kier alpha value is -0.790. The maximum Gasteiger partial charge on any atom is 0.330 e. The highest BCUT2D eigenvalue weighted by atomic mass is 16.4. The molecule has 2 heteroatoms. The number of carboxylic acid groups (broad SMARTS) is 1. The number of unbranched alkanes of at least 4 members (excludes halogenated alkanes) is 20. The predicted molar refractivity (Wildman–Crippen MR) is 152 cm³/mol. The molecule has 0 fully saturated rings. The normalized spacial score (nSPS) is 12.9. The van der Waals surface area contributed by atoms with Crippen LogP contribution in [-0.2, 0) is 4.79 Å². The summed E-state index contributed by atoms with van der Waals surface area (Å²) in [6.07, 6.45) is 36.1. The zero-order valence-electron chi connectivity index (χ0n) is 23.7. The van der Waals surface area contributed by atoms with Gasteiger partial charge in [-0.2, -0.15) is 0 Å². The molecule has 0 aromatic rings. The monoisotopic (exact) mass is 478 g/mol. The third-order valence-corrected chi connectivity index (χ3v) is 7.53. The van der Waals surface area contributed by atoms with Crippen molar-refractivity contribution in [2.45, 2.75) is 181 Å². The summed E-state index contributed by atoms with van der Waals surface area (Å²) in [7, 11) is 0. The van der Waals surface area contributed by atoms with Crippen LogP contribution in [0.1, 0.15) is 181 Å². The van der Waals surface area contributed by atoms with Gasteiger partial charge in [0.1, 0.15) is 0 Å². The Morgan fingerprint density at radius 1 is 0.559 bits per heavy atom. The lowest BCUT2D eigenvalue weighted by Crippen LogP contribution is -2.02. The van der Waals surface area contributed by atoms with Crippen molar-refractivity contribution in [3.8, 4) is 0 Å². The van der Waals surface area contributed by atoms with Crippen LogP contribution in [0.2, 0.25) is 0 Å². The quantitative estimate of drug-likeness (QED) is 0.0941. The van der Waals surface area contributed by atoms with E-state index in [2.05, 4.69) is 13.8 Å². The lowest BCUT2D eigenvalue weighted by Gasteiger charge is -2.15. The molecule has 2 nitrogen and oxygen atoms in total. The molecule has 0 aliphatic heterocycles. The second kappa shape index (κ2) is 26.8. The van der Waals surface area contributed by atoms with Crippen molar-refractivity contribution in [2.75, 3.05) is 0 Å². The second-order valence-corrected chi connectivity index (χ2v) is 10.9. The summed E-state index contributed by atoms with van der Waals surface area (Å²) in [5.74, 6) is -0.0884. The first-order chi connectivity index (χ1) is 16.6. The van der Waals surface area contributed by atoms with Crippen LogP contribution < -0.4 is 0 Å². The van der Waals surface area contributed by atoms with Gasteiger partial charge in [0.25, 0.3) is 0 Å². The van der Waals surface area contributed by atoms with E-state index in [1.165, 1.54) is 154 Å². The molecular formula is C32H62O2. The highest BCUT2D eigenvalue weighted by Gasteiger charge is 2.09. The number of rotatable bonds is 27. The number of hydrogen-bond donors (Lipinski definition) is 1. The summed E-state index contributed by atoms with van der Waals surface area (Å²) in [5.41, 5.74) is 0.516. The molecule has 34 heavy (non-hydrogen) atoms. The van der Waals surface area contributed by atoms with Gasteiger partial charge in [0, 0.05) is 5.57 Å². The van der Waals surface area contributed by atoms with E-state index in [1.54, 1.807) is 6.92 Å². The van der Waals surface area contributed by atoms with E-state index in [1.807, 2.05) is 6.08 Å². The van der Waals surface area contributed by atoms with Crippen LogP contribution in [0, 0.1) is 5.92 Å². The molecule has 0 saturated carbocycles. The number of carbonyl (C=O) groups is 1. The van der Waals surface area contributed by atoms with Crippen molar-refractivity contribution in [1.29, 1.82) is 0 Å². The Kier molecular flexibility index (Phi) is 26.2. The largest absolute Gasteiger partial charge is 0.478 e. The molecule has 1 N–H and O–H groups in total. The molecule has 0 saturated heterocycles. The van der Waals surface area contributed by atoms with Crippen molar-refractivity contribution < 1.29 is 9.90 Å². The highest BCUT2D eigenvalue weighted by Crippen LogP contribution is 2.23. The molecule has 0 aliphatic rings. The molecule has 0 spiro atoms. The molecule has 0 aromatic heterocycles. The van der Waals surface area contributed by atoms with E-state index in [-0.39, 0.29) is 0 Å². The zero-order chi connectivity index (χ0) is 25.1. The summed E-state index contributed by atoms with van der Waals surface area (Å²) in [6, 6.07) is 0. The van der Waals surface area contributed by atoms with Crippen LogP contribution in [0.3, 0.4) is 0 Å². The molecule has 0 aliphatic carbocycles. The SMILES string of the molecule is CCCCCCCCCCCCCCC(CC=C(C)C(=O)O)CCCCCCCCCCCC. The predicted octanol–water partition coefficient (Wildman–Crippen LogP) is 11.4. The minimum absolute atomic E-state index is 0.516. The Bertz CT molecular complexity index is 454. The van der Waals surface area contributed by atoms with Crippen LogP contribution in [0.4, 0.5) is 0 Å². The van der Waals surface area contributed by atoms with Gasteiger partial charge >= 0.3 is 5.97 Å². The van der Waals surface area contributed by atoms with E-state index < -0.39 is 5.97 Å². The Labute approximate surface area is 214 Å². The third-order valence-electron chi connectivity index (χ3n) is 7.53. The minimum Gasteiger partial charge on any atom is -0.478 e. The van der Waals surface area contributed by atoms with Crippen molar-refractivity contribution in [1.82, 2.24) is 0 Å². The van der Waals surface area contributed by atoms with Crippen LogP contribution in [-0.4, -0.2) is 11.1 Å². The first-order valence-corrected chi connectivity index (χ1v) is 15.5. The zero-order valence-corrected chi connectivity index (χ0v) is 23.7. The van der Waals surface area contributed by atoms with Gasteiger partial charge in [0.05, 0.1) is 0 Å². The van der Waals surface area contributed by atoms with E-state index in [0.717, 1.165) is 6.42 Å². The average molecular weight is 479 g/mol. The highest BCUT2D eigenvalue weighted by molar-refractivity contribution is 5.85. The molecule has 0 heterocycles. The molecular weight excluding hydrogens is 416 g/mol. The first kappa shape index (κ1) is 33.2. The second-order valence-electron chi connectivity index (χ2n) is 10.9. The first-order valence-electron chi connectivity index (χ1n) is 15.5. The number of allylic oxidation sites excluding steroid dienone is 1. The topological polar surface area (TPSA) is 37.3 Å². The van der Waals surface area contributed by atoms with Crippen molar-refractivity contribution in [3.63, 3.8) is 0 Å².